The van der Waals surface area contributed by atoms with Crippen molar-refractivity contribution in [1.82, 2.24) is 24.6 Å². The van der Waals surface area contributed by atoms with Crippen molar-refractivity contribution >= 4 is 16.7 Å². The Kier molecular flexibility index (Phi) is 3.21. The quantitative estimate of drug-likeness (QED) is 0.539. The summed E-state index contributed by atoms with van der Waals surface area (Å²) in [5.41, 5.74) is 5.38. The van der Waals surface area contributed by atoms with Crippen molar-refractivity contribution in [2.75, 3.05) is 7.11 Å². The minimum atomic E-state index is 0.792. The van der Waals surface area contributed by atoms with E-state index >= 15 is 0 Å². The maximum Gasteiger partial charge on any atom is 0.154 e. The monoisotopic (exact) mass is 341 g/mol. The van der Waals surface area contributed by atoms with Crippen molar-refractivity contribution in [2.45, 2.75) is 0 Å². The van der Waals surface area contributed by atoms with Gasteiger partial charge in [-0.3, -0.25) is 0 Å². The first-order chi connectivity index (χ1) is 12.8. The number of pyridine rings is 1. The molecule has 1 aromatic carbocycles. The van der Waals surface area contributed by atoms with Gasteiger partial charge < -0.3 is 9.72 Å². The Morgan fingerprint density at radius 1 is 0.962 bits per heavy atom. The summed E-state index contributed by atoms with van der Waals surface area (Å²) >= 11 is 0. The van der Waals surface area contributed by atoms with Gasteiger partial charge in [0, 0.05) is 28.9 Å². The van der Waals surface area contributed by atoms with Gasteiger partial charge in [-0.05, 0) is 36.4 Å². The predicted octanol–water partition coefficient (Wildman–Crippen LogP) is 3.95. The van der Waals surface area contributed by atoms with E-state index in [2.05, 4.69) is 21.0 Å². The van der Waals surface area contributed by atoms with Crippen molar-refractivity contribution < 1.29 is 4.74 Å². The maximum atomic E-state index is 5.32. The summed E-state index contributed by atoms with van der Waals surface area (Å²) < 4.78 is 7.17. The SMILES string of the molecule is COc1cccc(-c2ccc3ncc(-c4cnc5[nH]ccc5c4)n3n2)c1. The number of imidazole rings is 1. The minimum absolute atomic E-state index is 0.792. The zero-order valence-electron chi connectivity index (χ0n) is 14.0. The zero-order valence-corrected chi connectivity index (χ0v) is 14.0. The van der Waals surface area contributed by atoms with Gasteiger partial charge in [0.05, 0.1) is 24.7 Å². The van der Waals surface area contributed by atoms with Gasteiger partial charge in [0.2, 0.25) is 0 Å². The normalized spacial score (nSPS) is 11.3. The third-order valence-electron chi connectivity index (χ3n) is 4.42. The molecule has 6 nitrogen and oxygen atoms in total. The van der Waals surface area contributed by atoms with Crippen LogP contribution in [0.3, 0.4) is 0 Å². The third-order valence-corrected chi connectivity index (χ3v) is 4.42. The lowest BCUT2D eigenvalue weighted by molar-refractivity contribution is 0.415. The summed E-state index contributed by atoms with van der Waals surface area (Å²) in [4.78, 5) is 12.0. The molecule has 0 radical (unpaired) electrons. The summed E-state index contributed by atoms with van der Waals surface area (Å²) in [6, 6.07) is 15.9. The van der Waals surface area contributed by atoms with E-state index in [0.717, 1.165) is 44.9 Å². The van der Waals surface area contributed by atoms with Crippen LogP contribution in [0.5, 0.6) is 5.75 Å². The number of hydrogen-bond donors (Lipinski definition) is 1. The molecule has 0 amide bonds. The number of ether oxygens (including phenoxy) is 1. The highest BCUT2D eigenvalue weighted by atomic mass is 16.5. The Balaban J connectivity index is 1.67. The van der Waals surface area contributed by atoms with Gasteiger partial charge in [0.1, 0.15) is 11.4 Å². The second-order valence-electron chi connectivity index (χ2n) is 6.00. The molecule has 0 unspecified atom stereocenters. The van der Waals surface area contributed by atoms with Gasteiger partial charge in [-0.2, -0.15) is 5.10 Å². The van der Waals surface area contributed by atoms with Gasteiger partial charge in [0.25, 0.3) is 0 Å². The summed E-state index contributed by atoms with van der Waals surface area (Å²) in [7, 11) is 1.66. The predicted molar refractivity (Wildman–Crippen MR) is 100 cm³/mol. The zero-order chi connectivity index (χ0) is 17.5. The molecule has 0 fully saturated rings. The number of methoxy groups -OCH3 is 1. The number of fused-ring (bicyclic) bond motifs is 2. The Hall–Kier alpha value is -3.67. The van der Waals surface area contributed by atoms with Crippen LogP contribution < -0.4 is 4.74 Å². The molecular weight excluding hydrogens is 326 g/mol. The Morgan fingerprint density at radius 2 is 1.92 bits per heavy atom. The molecular formula is C20H15N5O. The number of aromatic amines is 1. The fourth-order valence-corrected chi connectivity index (χ4v) is 3.09. The topological polar surface area (TPSA) is 68.1 Å². The van der Waals surface area contributed by atoms with Crippen molar-refractivity contribution in [1.29, 1.82) is 0 Å². The Morgan fingerprint density at radius 3 is 2.85 bits per heavy atom. The van der Waals surface area contributed by atoms with E-state index in [1.54, 1.807) is 7.11 Å². The maximum absolute atomic E-state index is 5.32. The van der Waals surface area contributed by atoms with Crippen molar-refractivity contribution in [2.24, 2.45) is 0 Å². The molecule has 0 aliphatic rings. The Bertz CT molecular complexity index is 1240. The molecule has 0 saturated heterocycles. The molecule has 0 bridgehead atoms. The summed E-state index contributed by atoms with van der Waals surface area (Å²) in [6.07, 6.45) is 5.55. The smallest absolute Gasteiger partial charge is 0.154 e. The standard InChI is InChI=1S/C20H15N5O/c1-26-16-4-2-3-13(10-16)17-5-6-19-22-12-18(25(19)24-17)15-9-14-7-8-21-20(14)23-11-15/h2-12H,1H3,(H,21,23). The largest absolute Gasteiger partial charge is 0.497 e. The van der Waals surface area contributed by atoms with Gasteiger partial charge in [-0.25, -0.2) is 14.5 Å². The molecule has 5 aromatic rings. The number of benzene rings is 1. The van der Waals surface area contributed by atoms with E-state index < -0.39 is 0 Å². The lowest BCUT2D eigenvalue weighted by atomic mass is 10.1. The van der Waals surface area contributed by atoms with Gasteiger partial charge >= 0.3 is 0 Å². The Labute approximate surface area is 149 Å². The average Bonchev–Trinajstić information content (AvgIpc) is 3.33. The van der Waals surface area contributed by atoms with Crippen LogP contribution in [0.1, 0.15) is 0 Å². The number of nitrogens with one attached hydrogen (secondary N) is 1. The van der Waals surface area contributed by atoms with E-state index in [1.165, 1.54) is 0 Å². The molecule has 0 atom stereocenters. The van der Waals surface area contributed by atoms with E-state index in [1.807, 2.05) is 65.6 Å². The third kappa shape index (κ3) is 2.31. The molecule has 0 spiro atoms. The van der Waals surface area contributed by atoms with Crippen LogP contribution in [0.2, 0.25) is 0 Å². The van der Waals surface area contributed by atoms with Crippen LogP contribution in [-0.2, 0) is 0 Å². The highest BCUT2D eigenvalue weighted by Crippen LogP contribution is 2.26. The van der Waals surface area contributed by atoms with Gasteiger partial charge in [0.15, 0.2) is 5.65 Å². The summed E-state index contributed by atoms with van der Waals surface area (Å²) in [5.74, 6) is 0.803. The molecule has 4 heterocycles. The molecule has 1 N–H and O–H groups in total. The molecule has 26 heavy (non-hydrogen) atoms. The summed E-state index contributed by atoms with van der Waals surface area (Å²) in [5, 5.41) is 5.84. The second-order valence-corrected chi connectivity index (χ2v) is 6.00. The first-order valence-corrected chi connectivity index (χ1v) is 8.24. The summed E-state index contributed by atoms with van der Waals surface area (Å²) in [6.45, 7) is 0. The van der Waals surface area contributed by atoms with E-state index in [4.69, 9.17) is 9.84 Å². The number of nitrogens with zero attached hydrogens (tertiary/aromatic N) is 4. The lowest BCUT2D eigenvalue weighted by Gasteiger charge is -2.06. The first kappa shape index (κ1) is 14.7. The van der Waals surface area contributed by atoms with Crippen LogP contribution in [-0.4, -0.2) is 31.7 Å². The molecule has 6 heteroatoms. The van der Waals surface area contributed by atoms with Crippen molar-refractivity contribution in [3.8, 4) is 28.3 Å². The fraction of sp³-hybridized carbons (Fsp3) is 0.0500. The minimum Gasteiger partial charge on any atom is -0.497 e. The van der Waals surface area contributed by atoms with E-state index in [9.17, 15) is 0 Å². The number of H-pyrrole nitrogens is 1. The molecule has 4 aromatic heterocycles. The first-order valence-electron chi connectivity index (χ1n) is 8.24. The van der Waals surface area contributed by atoms with E-state index in [-0.39, 0.29) is 0 Å². The highest BCUT2D eigenvalue weighted by molar-refractivity contribution is 5.81. The van der Waals surface area contributed by atoms with Crippen molar-refractivity contribution in [3.63, 3.8) is 0 Å². The van der Waals surface area contributed by atoms with Gasteiger partial charge in [-0.1, -0.05) is 12.1 Å². The lowest BCUT2D eigenvalue weighted by Crippen LogP contribution is -1.97. The molecule has 0 aliphatic heterocycles. The fourth-order valence-electron chi connectivity index (χ4n) is 3.09. The average molecular weight is 341 g/mol. The van der Waals surface area contributed by atoms with E-state index in [0.29, 0.717) is 0 Å². The highest BCUT2D eigenvalue weighted by Gasteiger charge is 2.11. The van der Waals surface area contributed by atoms with Crippen LogP contribution in [0.25, 0.3) is 39.2 Å². The van der Waals surface area contributed by atoms with Gasteiger partial charge in [-0.15, -0.1) is 0 Å². The number of hydrogen-bond acceptors (Lipinski definition) is 4. The van der Waals surface area contributed by atoms with Crippen LogP contribution in [0.15, 0.2) is 67.1 Å². The molecule has 5 rings (SSSR count). The van der Waals surface area contributed by atoms with Crippen LogP contribution in [0, 0.1) is 0 Å². The second kappa shape index (κ2) is 5.70. The number of aromatic nitrogens is 5. The van der Waals surface area contributed by atoms with Crippen molar-refractivity contribution in [3.05, 3.63) is 67.1 Å². The number of rotatable bonds is 3. The molecule has 126 valence electrons. The molecule has 0 saturated carbocycles. The van der Waals surface area contributed by atoms with Crippen LogP contribution in [0.4, 0.5) is 0 Å². The molecule has 0 aliphatic carbocycles. The van der Waals surface area contributed by atoms with Crippen LogP contribution >= 0.6 is 0 Å².